The quantitative estimate of drug-likeness (QED) is 0.585. The minimum absolute atomic E-state index is 0.0411. The van der Waals surface area contributed by atoms with E-state index in [2.05, 4.69) is 10.2 Å². The van der Waals surface area contributed by atoms with E-state index in [4.69, 9.17) is 0 Å². The molecule has 3 aromatic rings. The van der Waals surface area contributed by atoms with E-state index >= 15 is 0 Å². The fourth-order valence-corrected chi connectivity index (χ4v) is 2.48. The number of phenolic OH excluding ortho intramolecular Hbond substituents is 1. The molecule has 0 atom stereocenters. The predicted molar refractivity (Wildman–Crippen MR) is 81.1 cm³/mol. The highest BCUT2D eigenvalue weighted by molar-refractivity contribution is 5.74. The molecule has 2 N–H and O–H groups in total. The van der Waals surface area contributed by atoms with E-state index < -0.39 is 29.2 Å². The van der Waals surface area contributed by atoms with E-state index in [9.17, 15) is 31.4 Å². The number of hydrogen-bond acceptors (Lipinski definition) is 2. The maximum atomic E-state index is 13.1. The summed E-state index contributed by atoms with van der Waals surface area (Å²) in [4.78, 5) is 0. The minimum Gasteiger partial charge on any atom is -0.507 e. The number of aromatic amines is 1. The van der Waals surface area contributed by atoms with E-state index in [1.807, 2.05) is 0 Å². The second kappa shape index (κ2) is 6.08. The van der Waals surface area contributed by atoms with E-state index in [1.54, 1.807) is 0 Å². The fraction of sp³-hybridized carbons (Fsp3) is 0.118. The summed E-state index contributed by atoms with van der Waals surface area (Å²) in [6.45, 7) is 0. The highest BCUT2D eigenvalue weighted by Crippen LogP contribution is 2.39. The number of aromatic hydroxyl groups is 1. The number of aromatic nitrogens is 2. The van der Waals surface area contributed by atoms with E-state index in [1.165, 1.54) is 18.2 Å². The van der Waals surface area contributed by atoms with Crippen LogP contribution in [0.3, 0.4) is 0 Å². The van der Waals surface area contributed by atoms with Crippen LogP contribution in [0.15, 0.2) is 48.5 Å². The highest BCUT2D eigenvalue weighted by Gasteiger charge is 2.34. The van der Waals surface area contributed by atoms with Gasteiger partial charge >= 0.3 is 12.4 Å². The van der Waals surface area contributed by atoms with Gasteiger partial charge in [0, 0.05) is 11.1 Å². The third-order valence-corrected chi connectivity index (χ3v) is 3.70. The van der Waals surface area contributed by atoms with Crippen molar-refractivity contribution in [3.63, 3.8) is 0 Å². The summed E-state index contributed by atoms with van der Waals surface area (Å²) in [7, 11) is 0. The van der Waals surface area contributed by atoms with Crippen LogP contribution in [0, 0.1) is 0 Å². The Kier molecular flexibility index (Phi) is 4.17. The molecule has 3 nitrogen and oxygen atoms in total. The van der Waals surface area contributed by atoms with Crippen LogP contribution in [-0.2, 0) is 12.4 Å². The second-order valence-electron chi connectivity index (χ2n) is 5.44. The van der Waals surface area contributed by atoms with Gasteiger partial charge < -0.3 is 5.11 Å². The standard InChI is InChI=1S/C17H10F6N2O/c18-16(19,20)9-5-6-15(26)11(7-9)14-8-13(24-25-14)10-3-1-2-4-12(10)17(21,22)23/h1-8,26H,(H,24,25). The van der Waals surface area contributed by atoms with Crippen molar-refractivity contribution >= 4 is 0 Å². The van der Waals surface area contributed by atoms with Gasteiger partial charge in [-0.25, -0.2) is 0 Å². The highest BCUT2D eigenvalue weighted by atomic mass is 19.4. The molecule has 0 fully saturated rings. The molecule has 0 saturated carbocycles. The van der Waals surface area contributed by atoms with Gasteiger partial charge in [0.05, 0.1) is 22.5 Å². The van der Waals surface area contributed by atoms with Gasteiger partial charge in [0.15, 0.2) is 0 Å². The normalized spacial score (nSPS) is 12.4. The maximum absolute atomic E-state index is 13.1. The second-order valence-corrected chi connectivity index (χ2v) is 5.44. The van der Waals surface area contributed by atoms with Crippen molar-refractivity contribution in [2.75, 3.05) is 0 Å². The average molecular weight is 372 g/mol. The Morgan fingerprint density at radius 3 is 2.15 bits per heavy atom. The molecular weight excluding hydrogens is 362 g/mol. The summed E-state index contributed by atoms with van der Waals surface area (Å²) in [6, 6.07) is 8.11. The molecule has 0 radical (unpaired) electrons. The molecule has 3 rings (SSSR count). The molecule has 1 aromatic heterocycles. The number of rotatable bonds is 2. The van der Waals surface area contributed by atoms with Crippen molar-refractivity contribution in [2.24, 2.45) is 0 Å². The number of hydrogen-bond donors (Lipinski definition) is 2. The smallest absolute Gasteiger partial charge is 0.417 e. The number of nitrogens with one attached hydrogen (secondary N) is 1. The van der Waals surface area contributed by atoms with E-state index in [-0.39, 0.29) is 22.5 Å². The molecule has 26 heavy (non-hydrogen) atoms. The van der Waals surface area contributed by atoms with Gasteiger partial charge in [0.2, 0.25) is 0 Å². The van der Waals surface area contributed by atoms with Crippen molar-refractivity contribution < 1.29 is 31.4 Å². The van der Waals surface area contributed by atoms with Crippen molar-refractivity contribution in [1.29, 1.82) is 0 Å². The SMILES string of the molecule is Oc1ccc(C(F)(F)F)cc1-c1cc(-c2ccccc2C(F)(F)F)n[nH]1. The van der Waals surface area contributed by atoms with Crippen LogP contribution in [-0.4, -0.2) is 15.3 Å². The van der Waals surface area contributed by atoms with Gasteiger partial charge in [0.25, 0.3) is 0 Å². The zero-order valence-electron chi connectivity index (χ0n) is 12.8. The molecule has 0 aliphatic carbocycles. The number of benzene rings is 2. The summed E-state index contributed by atoms with van der Waals surface area (Å²) >= 11 is 0. The van der Waals surface area contributed by atoms with Crippen molar-refractivity contribution in [1.82, 2.24) is 10.2 Å². The largest absolute Gasteiger partial charge is 0.507 e. The third-order valence-electron chi connectivity index (χ3n) is 3.70. The molecule has 9 heteroatoms. The molecule has 0 amide bonds. The summed E-state index contributed by atoms with van der Waals surface area (Å²) in [5.74, 6) is -0.461. The average Bonchev–Trinajstić information content (AvgIpc) is 3.03. The monoisotopic (exact) mass is 372 g/mol. The lowest BCUT2D eigenvalue weighted by Gasteiger charge is -2.10. The van der Waals surface area contributed by atoms with Gasteiger partial charge in [-0.3, -0.25) is 5.10 Å². The number of H-pyrrole nitrogens is 1. The summed E-state index contributed by atoms with van der Waals surface area (Å²) in [5, 5.41) is 15.9. The minimum atomic E-state index is -4.63. The van der Waals surface area contributed by atoms with Gasteiger partial charge in [-0.15, -0.1) is 0 Å². The first-order valence-electron chi connectivity index (χ1n) is 7.20. The van der Waals surface area contributed by atoms with E-state index in [0.29, 0.717) is 12.1 Å². The van der Waals surface area contributed by atoms with Crippen LogP contribution < -0.4 is 0 Å². The van der Waals surface area contributed by atoms with E-state index in [0.717, 1.165) is 18.2 Å². The summed E-state index contributed by atoms with van der Waals surface area (Å²) in [5.41, 5.74) is -2.52. The van der Waals surface area contributed by atoms with Crippen LogP contribution in [0.1, 0.15) is 11.1 Å². The molecule has 0 aliphatic heterocycles. The first kappa shape index (κ1) is 17.8. The molecule has 0 saturated heterocycles. The van der Waals surface area contributed by atoms with Crippen LogP contribution in [0.25, 0.3) is 22.5 Å². The molecule has 2 aromatic carbocycles. The Hall–Kier alpha value is -2.97. The van der Waals surface area contributed by atoms with Gasteiger partial charge in [-0.05, 0) is 30.3 Å². The lowest BCUT2D eigenvalue weighted by atomic mass is 10.0. The number of phenols is 1. The van der Waals surface area contributed by atoms with Crippen molar-refractivity contribution in [2.45, 2.75) is 12.4 Å². The fourth-order valence-electron chi connectivity index (χ4n) is 2.48. The molecule has 0 bridgehead atoms. The topological polar surface area (TPSA) is 48.9 Å². The molecule has 136 valence electrons. The Balaban J connectivity index is 2.08. The Morgan fingerprint density at radius 1 is 0.808 bits per heavy atom. The van der Waals surface area contributed by atoms with Crippen molar-refractivity contribution in [3.8, 4) is 28.3 Å². The molecule has 0 unspecified atom stereocenters. The zero-order valence-corrected chi connectivity index (χ0v) is 12.8. The van der Waals surface area contributed by atoms with Crippen LogP contribution in [0.2, 0.25) is 0 Å². The Labute approximate surface area is 142 Å². The first-order valence-corrected chi connectivity index (χ1v) is 7.20. The van der Waals surface area contributed by atoms with Gasteiger partial charge in [0.1, 0.15) is 5.75 Å². The lowest BCUT2D eigenvalue weighted by molar-refractivity contribution is -0.138. The zero-order chi connectivity index (χ0) is 19.1. The Bertz CT molecular complexity index is 943. The molecule has 0 aliphatic rings. The molecule has 0 spiro atoms. The lowest BCUT2D eigenvalue weighted by Crippen LogP contribution is -2.06. The van der Waals surface area contributed by atoms with Gasteiger partial charge in [-0.1, -0.05) is 18.2 Å². The van der Waals surface area contributed by atoms with Crippen LogP contribution in [0.5, 0.6) is 5.75 Å². The maximum Gasteiger partial charge on any atom is 0.417 e. The summed E-state index contributed by atoms with van der Waals surface area (Å²) < 4.78 is 77.8. The number of nitrogens with zero attached hydrogens (tertiary/aromatic N) is 1. The van der Waals surface area contributed by atoms with Gasteiger partial charge in [-0.2, -0.15) is 31.4 Å². The van der Waals surface area contributed by atoms with Crippen LogP contribution in [0.4, 0.5) is 26.3 Å². The molecular formula is C17H10F6N2O. The summed E-state index contributed by atoms with van der Waals surface area (Å²) in [6.07, 6.45) is -9.25. The Morgan fingerprint density at radius 2 is 1.50 bits per heavy atom. The predicted octanol–water partition coefficient (Wildman–Crippen LogP) is 5.49. The number of alkyl halides is 6. The number of halogens is 6. The van der Waals surface area contributed by atoms with Crippen LogP contribution >= 0.6 is 0 Å². The molecule has 1 heterocycles. The first-order chi connectivity index (χ1) is 12.1. The van der Waals surface area contributed by atoms with Crippen molar-refractivity contribution in [3.05, 3.63) is 59.7 Å². The third kappa shape index (κ3) is 3.37.